The van der Waals surface area contributed by atoms with Gasteiger partial charge in [-0.1, -0.05) is 6.92 Å². The van der Waals surface area contributed by atoms with E-state index in [4.69, 9.17) is 4.74 Å². The molecule has 3 nitrogen and oxygen atoms in total. The third kappa shape index (κ3) is 2.49. The number of aryl methyl sites for hydroxylation is 1. The van der Waals surface area contributed by atoms with E-state index in [1.807, 2.05) is 44.1 Å². The van der Waals surface area contributed by atoms with Crippen LogP contribution in [-0.4, -0.2) is 27.2 Å². The van der Waals surface area contributed by atoms with Crippen LogP contribution < -0.4 is 4.90 Å². The van der Waals surface area contributed by atoms with Crippen molar-refractivity contribution in [3.05, 3.63) is 29.3 Å². The molecular weight excluding hydrogens is 190 g/mol. The Morgan fingerprint density at radius 3 is 2.53 bits per heavy atom. The lowest BCUT2D eigenvalue weighted by molar-refractivity contribution is 0.0599. The first-order chi connectivity index (χ1) is 7.10. The van der Waals surface area contributed by atoms with Gasteiger partial charge in [0, 0.05) is 19.8 Å². The van der Waals surface area contributed by atoms with Crippen LogP contribution in [0.3, 0.4) is 0 Å². The maximum atomic E-state index is 11.4. The molecule has 3 heteroatoms. The van der Waals surface area contributed by atoms with Gasteiger partial charge in [-0.05, 0) is 30.2 Å². The second kappa shape index (κ2) is 4.82. The molecule has 0 fully saturated rings. The van der Waals surface area contributed by atoms with Crippen molar-refractivity contribution in [3.8, 4) is 0 Å². The lowest BCUT2D eigenvalue weighted by atomic mass is 10.0. The predicted octanol–water partition coefficient (Wildman–Crippen LogP) is 2.10. The molecule has 0 amide bonds. The quantitative estimate of drug-likeness (QED) is 0.711. The Morgan fingerprint density at radius 2 is 2.07 bits per heavy atom. The molecule has 82 valence electrons. The Labute approximate surface area is 90.7 Å². The average Bonchev–Trinajstić information content (AvgIpc) is 2.27. The van der Waals surface area contributed by atoms with Crippen LogP contribution in [0.4, 0.5) is 5.69 Å². The molecule has 0 atom stereocenters. The van der Waals surface area contributed by atoms with Crippen LogP contribution in [0.1, 0.15) is 22.8 Å². The van der Waals surface area contributed by atoms with Crippen molar-refractivity contribution in [3.63, 3.8) is 0 Å². The van der Waals surface area contributed by atoms with Gasteiger partial charge in [-0.15, -0.1) is 0 Å². The summed E-state index contributed by atoms with van der Waals surface area (Å²) >= 11 is 0. The summed E-state index contributed by atoms with van der Waals surface area (Å²) in [7, 11) is 5.36. The number of anilines is 1. The molecule has 0 radical (unpaired) electrons. The van der Waals surface area contributed by atoms with Gasteiger partial charge in [0.2, 0.25) is 0 Å². The molecule has 15 heavy (non-hydrogen) atoms. The van der Waals surface area contributed by atoms with Gasteiger partial charge in [0.1, 0.15) is 0 Å². The van der Waals surface area contributed by atoms with Crippen molar-refractivity contribution in [2.75, 3.05) is 26.1 Å². The highest BCUT2D eigenvalue weighted by Gasteiger charge is 2.11. The van der Waals surface area contributed by atoms with Gasteiger partial charge in [-0.25, -0.2) is 4.79 Å². The second-order valence-electron chi connectivity index (χ2n) is 3.58. The minimum atomic E-state index is -0.267. The fourth-order valence-corrected chi connectivity index (χ4v) is 1.46. The molecule has 1 aromatic rings. The van der Waals surface area contributed by atoms with Crippen LogP contribution in [-0.2, 0) is 11.2 Å². The third-order valence-electron chi connectivity index (χ3n) is 2.39. The predicted molar refractivity (Wildman–Crippen MR) is 61.5 cm³/mol. The molecule has 1 rings (SSSR count). The minimum absolute atomic E-state index is 0.267. The molecule has 0 unspecified atom stereocenters. The van der Waals surface area contributed by atoms with Crippen LogP contribution in [0, 0.1) is 0 Å². The highest BCUT2D eigenvalue weighted by Crippen LogP contribution is 2.19. The van der Waals surface area contributed by atoms with E-state index in [0.29, 0.717) is 5.56 Å². The minimum Gasteiger partial charge on any atom is -0.465 e. The van der Waals surface area contributed by atoms with Crippen LogP contribution in [0.15, 0.2) is 18.2 Å². The lowest BCUT2D eigenvalue weighted by Crippen LogP contribution is -2.11. The van der Waals surface area contributed by atoms with Crippen molar-refractivity contribution in [1.29, 1.82) is 0 Å². The third-order valence-corrected chi connectivity index (χ3v) is 2.39. The summed E-state index contributed by atoms with van der Waals surface area (Å²) in [5.41, 5.74) is 2.78. The lowest BCUT2D eigenvalue weighted by Gasteiger charge is -2.15. The van der Waals surface area contributed by atoms with Crippen molar-refractivity contribution < 1.29 is 9.53 Å². The van der Waals surface area contributed by atoms with Crippen LogP contribution in [0.2, 0.25) is 0 Å². The first-order valence-electron chi connectivity index (χ1n) is 4.98. The van der Waals surface area contributed by atoms with Gasteiger partial charge in [0.25, 0.3) is 0 Å². The Bertz CT molecular complexity index is 359. The van der Waals surface area contributed by atoms with Gasteiger partial charge in [-0.2, -0.15) is 0 Å². The van der Waals surface area contributed by atoms with E-state index < -0.39 is 0 Å². The number of carbonyl (C=O) groups excluding carboxylic acids is 1. The fraction of sp³-hybridized carbons (Fsp3) is 0.417. The first kappa shape index (κ1) is 11.6. The summed E-state index contributed by atoms with van der Waals surface area (Å²) in [4.78, 5) is 13.5. The molecule has 1 aromatic carbocycles. The van der Waals surface area contributed by atoms with Gasteiger partial charge < -0.3 is 9.64 Å². The maximum Gasteiger partial charge on any atom is 0.338 e. The summed E-state index contributed by atoms with van der Waals surface area (Å²) in [5, 5.41) is 0. The number of carbonyl (C=O) groups is 1. The Hall–Kier alpha value is -1.51. The average molecular weight is 207 g/mol. The molecule has 0 heterocycles. The summed E-state index contributed by atoms with van der Waals surface area (Å²) in [6, 6.07) is 5.76. The van der Waals surface area contributed by atoms with Crippen molar-refractivity contribution in [1.82, 2.24) is 0 Å². The zero-order valence-corrected chi connectivity index (χ0v) is 9.70. The number of esters is 1. The molecule has 0 spiro atoms. The topological polar surface area (TPSA) is 29.5 Å². The number of benzene rings is 1. The van der Waals surface area contributed by atoms with E-state index in [-0.39, 0.29) is 5.97 Å². The van der Waals surface area contributed by atoms with Gasteiger partial charge in [-0.3, -0.25) is 0 Å². The standard InChI is InChI=1S/C12H17NO2/c1-5-9-8-10(13(2)3)6-7-11(9)12(14)15-4/h6-8H,5H2,1-4H3. The zero-order valence-electron chi connectivity index (χ0n) is 9.70. The van der Waals surface area contributed by atoms with Gasteiger partial charge in [0.15, 0.2) is 0 Å². The van der Waals surface area contributed by atoms with E-state index in [1.54, 1.807) is 0 Å². The Balaban J connectivity index is 3.15. The molecule has 0 saturated carbocycles. The van der Waals surface area contributed by atoms with E-state index in [9.17, 15) is 4.79 Å². The molecule has 0 aromatic heterocycles. The molecule has 0 saturated heterocycles. The van der Waals surface area contributed by atoms with Crippen LogP contribution >= 0.6 is 0 Å². The second-order valence-corrected chi connectivity index (χ2v) is 3.58. The fourth-order valence-electron chi connectivity index (χ4n) is 1.46. The van der Waals surface area contributed by atoms with Crippen molar-refractivity contribution in [2.45, 2.75) is 13.3 Å². The summed E-state index contributed by atoms with van der Waals surface area (Å²) in [5.74, 6) is -0.267. The number of rotatable bonds is 3. The molecule has 0 aliphatic heterocycles. The molecule has 0 N–H and O–H groups in total. The normalized spacial score (nSPS) is 9.87. The Kier molecular flexibility index (Phi) is 3.72. The highest BCUT2D eigenvalue weighted by atomic mass is 16.5. The Morgan fingerprint density at radius 1 is 1.40 bits per heavy atom. The number of methoxy groups -OCH3 is 1. The zero-order chi connectivity index (χ0) is 11.4. The summed E-state index contributed by atoms with van der Waals surface area (Å²) in [6.07, 6.45) is 0.826. The maximum absolute atomic E-state index is 11.4. The SMILES string of the molecule is CCc1cc(N(C)C)ccc1C(=O)OC. The smallest absolute Gasteiger partial charge is 0.338 e. The van der Waals surface area contributed by atoms with Crippen LogP contribution in [0.5, 0.6) is 0 Å². The number of nitrogens with zero attached hydrogens (tertiary/aromatic N) is 1. The van der Waals surface area contributed by atoms with E-state index in [2.05, 4.69) is 0 Å². The van der Waals surface area contributed by atoms with E-state index >= 15 is 0 Å². The van der Waals surface area contributed by atoms with Crippen molar-refractivity contribution in [2.24, 2.45) is 0 Å². The summed E-state index contributed by atoms with van der Waals surface area (Å²) in [6.45, 7) is 2.03. The van der Waals surface area contributed by atoms with Crippen LogP contribution in [0.25, 0.3) is 0 Å². The molecule has 0 aliphatic carbocycles. The monoisotopic (exact) mass is 207 g/mol. The van der Waals surface area contributed by atoms with E-state index in [0.717, 1.165) is 17.7 Å². The van der Waals surface area contributed by atoms with Gasteiger partial charge in [0.05, 0.1) is 12.7 Å². The van der Waals surface area contributed by atoms with Gasteiger partial charge >= 0.3 is 5.97 Å². The number of hydrogen-bond donors (Lipinski definition) is 0. The van der Waals surface area contributed by atoms with E-state index in [1.165, 1.54) is 7.11 Å². The summed E-state index contributed by atoms with van der Waals surface area (Å²) < 4.78 is 4.73. The number of ether oxygens (including phenoxy) is 1. The molecule has 0 bridgehead atoms. The number of hydrogen-bond acceptors (Lipinski definition) is 3. The molecular formula is C12H17NO2. The first-order valence-corrected chi connectivity index (χ1v) is 4.98. The highest BCUT2D eigenvalue weighted by molar-refractivity contribution is 5.91. The van der Waals surface area contributed by atoms with Crippen molar-refractivity contribution >= 4 is 11.7 Å². The molecule has 0 aliphatic rings. The largest absolute Gasteiger partial charge is 0.465 e.